The molecule has 7 nitrogen and oxygen atoms in total. The number of aliphatic hydroxyl groups is 1. The smallest absolute Gasteiger partial charge is 0.140 e. The number of hydrogen-bond donors (Lipinski definition) is 3. The van der Waals surface area contributed by atoms with Gasteiger partial charge in [0.15, 0.2) is 0 Å². The van der Waals surface area contributed by atoms with Gasteiger partial charge in [-0.3, -0.25) is 0 Å². The van der Waals surface area contributed by atoms with Crippen molar-refractivity contribution in [1.82, 2.24) is 14.8 Å². The molecule has 0 saturated heterocycles. The van der Waals surface area contributed by atoms with E-state index in [0.717, 1.165) is 22.2 Å². The number of aryl methyl sites for hydroxylation is 1. The Morgan fingerprint density at radius 1 is 1.40 bits per heavy atom. The van der Waals surface area contributed by atoms with Crippen LogP contribution in [0.5, 0.6) is 0 Å². The molecule has 3 aromatic rings. The molecule has 0 bridgehead atoms. The van der Waals surface area contributed by atoms with Crippen LogP contribution in [0.3, 0.4) is 0 Å². The van der Waals surface area contributed by atoms with Crippen LogP contribution >= 0.6 is 0 Å². The number of nitrogen functional groups attached to an aromatic ring is 1. The van der Waals surface area contributed by atoms with Crippen LogP contribution in [0.15, 0.2) is 24.3 Å². The molecule has 0 saturated carbocycles. The first-order valence-corrected chi connectivity index (χ1v) is 7.67. The van der Waals surface area contributed by atoms with Gasteiger partial charge in [-0.05, 0) is 19.1 Å². The lowest BCUT2D eigenvalue weighted by Gasteiger charge is -1.99. The van der Waals surface area contributed by atoms with Gasteiger partial charge in [0, 0.05) is 22.2 Å². The molecule has 0 aliphatic carbocycles. The summed E-state index contributed by atoms with van der Waals surface area (Å²) in [6, 6.07) is 11.9. The third-order valence-electron chi connectivity index (χ3n) is 4.02. The number of rotatable bonds is 4. The number of aromatic amines is 1. The fraction of sp³-hybridized carbons (Fsp3) is 0.167. The van der Waals surface area contributed by atoms with Crippen LogP contribution in [-0.4, -0.2) is 26.5 Å². The van der Waals surface area contributed by atoms with E-state index in [1.54, 1.807) is 6.08 Å². The third kappa shape index (κ3) is 2.74. The van der Waals surface area contributed by atoms with Crippen LogP contribution in [0.4, 0.5) is 5.82 Å². The number of nitrogens with zero attached hydrogens (tertiary/aromatic N) is 4. The predicted molar refractivity (Wildman–Crippen MR) is 95.0 cm³/mol. The summed E-state index contributed by atoms with van der Waals surface area (Å²) in [5.74, 6) is 0.142. The Bertz CT molecular complexity index is 1060. The minimum Gasteiger partial charge on any atom is -0.394 e. The number of nitrogens with one attached hydrogen (secondary N) is 1. The molecule has 3 rings (SSSR count). The van der Waals surface area contributed by atoms with Crippen LogP contribution < -0.4 is 5.73 Å². The second kappa shape index (κ2) is 6.52. The molecule has 2 heterocycles. The van der Waals surface area contributed by atoms with E-state index >= 15 is 0 Å². The standard InChI is InChI=1S/C18H16N6O/c1-11-14(13-4-2-3-5-16(13)22-11)8-12(9-19)17-15(10-20)18(21)24(23-17)6-7-25/h2-5,8,22,25H,6-7,21H2,1H3/b12-8+. The number of nitrogens with two attached hydrogens (primary N) is 1. The summed E-state index contributed by atoms with van der Waals surface area (Å²) < 4.78 is 1.33. The summed E-state index contributed by atoms with van der Waals surface area (Å²) in [5.41, 5.74) is 9.26. The van der Waals surface area contributed by atoms with Gasteiger partial charge >= 0.3 is 0 Å². The Labute approximate surface area is 144 Å². The normalized spacial score (nSPS) is 11.4. The maximum Gasteiger partial charge on any atom is 0.140 e. The molecule has 0 aliphatic heterocycles. The number of H-pyrrole nitrogens is 1. The molecule has 4 N–H and O–H groups in total. The Kier molecular flexibility index (Phi) is 4.25. The lowest BCUT2D eigenvalue weighted by molar-refractivity contribution is 0.270. The molecule has 0 aliphatic rings. The maximum absolute atomic E-state index is 9.61. The van der Waals surface area contributed by atoms with E-state index in [1.165, 1.54) is 4.68 Å². The van der Waals surface area contributed by atoms with E-state index in [4.69, 9.17) is 10.8 Å². The topological polar surface area (TPSA) is 127 Å². The maximum atomic E-state index is 9.61. The van der Waals surface area contributed by atoms with Gasteiger partial charge in [-0.2, -0.15) is 15.6 Å². The highest BCUT2D eigenvalue weighted by Crippen LogP contribution is 2.29. The number of allylic oxidation sites excluding steroid dienone is 1. The van der Waals surface area contributed by atoms with Crippen molar-refractivity contribution in [3.63, 3.8) is 0 Å². The minimum atomic E-state index is -0.163. The monoisotopic (exact) mass is 332 g/mol. The van der Waals surface area contributed by atoms with Crippen molar-refractivity contribution in [3.8, 4) is 12.1 Å². The first kappa shape index (κ1) is 16.3. The molecule has 0 atom stereocenters. The van der Waals surface area contributed by atoms with Crippen LogP contribution in [-0.2, 0) is 6.54 Å². The number of hydrogen-bond acceptors (Lipinski definition) is 5. The van der Waals surface area contributed by atoms with E-state index in [1.807, 2.05) is 37.3 Å². The van der Waals surface area contributed by atoms with Gasteiger partial charge in [0.1, 0.15) is 29.2 Å². The third-order valence-corrected chi connectivity index (χ3v) is 4.02. The van der Waals surface area contributed by atoms with Crippen LogP contribution in [0, 0.1) is 29.6 Å². The van der Waals surface area contributed by atoms with Crippen molar-refractivity contribution < 1.29 is 5.11 Å². The molecular weight excluding hydrogens is 316 g/mol. The van der Waals surface area contributed by atoms with Gasteiger partial charge in [-0.25, -0.2) is 4.68 Å². The zero-order chi connectivity index (χ0) is 18.0. The quantitative estimate of drug-likeness (QED) is 0.631. The highest BCUT2D eigenvalue weighted by molar-refractivity contribution is 5.99. The number of anilines is 1. The van der Waals surface area contributed by atoms with E-state index in [-0.39, 0.29) is 35.8 Å². The Hall–Kier alpha value is -3.55. The van der Waals surface area contributed by atoms with Gasteiger partial charge < -0.3 is 15.8 Å². The van der Waals surface area contributed by atoms with E-state index < -0.39 is 0 Å². The number of aromatic nitrogens is 3. The summed E-state index contributed by atoms with van der Waals surface area (Å²) in [5, 5.41) is 33.3. The van der Waals surface area contributed by atoms with E-state index in [9.17, 15) is 10.5 Å². The summed E-state index contributed by atoms with van der Waals surface area (Å²) in [7, 11) is 0. The predicted octanol–water partition coefficient (Wildman–Crippen LogP) is 2.18. The summed E-state index contributed by atoms with van der Waals surface area (Å²) in [6.07, 6.45) is 1.71. The first-order valence-electron chi connectivity index (χ1n) is 7.67. The van der Waals surface area contributed by atoms with Crippen molar-refractivity contribution >= 4 is 28.4 Å². The molecule has 1 aromatic carbocycles. The highest BCUT2D eigenvalue weighted by atomic mass is 16.3. The van der Waals surface area contributed by atoms with Gasteiger partial charge in [-0.15, -0.1) is 0 Å². The Morgan fingerprint density at radius 3 is 2.84 bits per heavy atom. The van der Waals surface area contributed by atoms with Gasteiger partial charge in [0.05, 0.1) is 18.7 Å². The Morgan fingerprint density at radius 2 is 2.16 bits per heavy atom. The van der Waals surface area contributed by atoms with Crippen LogP contribution in [0.2, 0.25) is 0 Å². The molecule has 124 valence electrons. The fourth-order valence-electron chi connectivity index (χ4n) is 2.82. The summed E-state index contributed by atoms with van der Waals surface area (Å²) >= 11 is 0. The van der Waals surface area contributed by atoms with Crippen molar-refractivity contribution in [3.05, 3.63) is 46.8 Å². The first-order chi connectivity index (χ1) is 12.1. The number of para-hydroxylation sites is 1. The van der Waals surface area contributed by atoms with E-state index in [2.05, 4.69) is 16.2 Å². The minimum absolute atomic E-state index is 0.138. The lowest BCUT2D eigenvalue weighted by Crippen LogP contribution is -2.07. The lowest BCUT2D eigenvalue weighted by atomic mass is 10.0. The average Bonchev–Trinajstić information content (AvgIpc) is 3.09. The second-order valence-corrected chi connectivity index (χ2v) is 5.55. The molecule has 0 radical (unpaired) electrons. The highest BCUT2D eigenvalue weighted by Gasteiger charge is 2.19. The number of benzene rings is 1. The second-order valence-electron chi connectivity index (χ2n) is 5.55. The van der Waals surface area contributed by atoms with Gasteiger partial charge in [0.25, 0.3) is 0 Å². The fourth-order valence-corrected chi connectivity index (χ4v) is 2.82. The number of nitriles is 2. The molecule has 0 spiro atoms. The summed E-state index contributed by atoms with van der Waals surface area (Å²) in [6.45, 7) is 1.92. The average molecular weight is 332 g/mol. The van der Waals surface area contributed by atoms with Crippen molar-refractivity contribution in [2.75, 3.05) is 12.3 Å². The van der Waals surface area contributed by atoms with Crippen molar-refractivity contribution in [2.24, 2.45) is 0 Å². The molecule has 25 heavy (non-hydrogen) atoms. The zero-order valence-corrected chi connectivity index (χ0v) is 13.6. The largest absolute Gasteiger partial charge is 0.394 e. The van der Waals surface area contributed by atoms with E-state index in [0.29, 0.717) is 0 Å². The summed E-state index contributed by atoms with van der Waals surface area (Å²) in [4.78, 5) is 3.27. The molecule has 0 amide bonds. The SMILES string of the molecule is Cc1[nH]c2ccccc2c1/C=C(\C#N)c1nn(CCO)c(N)c1C#N. The van der Waals surface area contributed by atoms with Crippen LogP contribution in [0.25, 0.3) is 22.6 Å². The number of fused-ring (bicyclic) bond motifs is 1. The molecule has 0 fully saturated rings. The molecule has 2 aromatic heterocycles. The van der Waals surface area contributed by atoms with Crippen molar-refractivity contribution in [1.29, 1.82) is 10.5 Å². The molecular formula is C18H16N6O. The van der Waals surface area contributed by atoms with Crippen molar-refractivity contribution in [2.45, 2.75) is 13.5 Å². The van der Waals surface area contributed by atoms with Gasteiger partial charge in [-0.1, -0.05) is 18.2 Å². The molecule has 7 heteroatoms. The molecule has 0 unspecified atom stereocenters. The van der Waals surface area contributed by atoms with Crippen LogP contribution in [0.1, 0.15) is 22.5 Å². The Balaban J connectivity index is 2.20. The van der Waals surface area contributed by atoms with Gasteiger partial charge in [0.2, 0.25) is 0 Å². The number of aliphatic hydroxyl groups excluding tert-OH is 1. The zero-order valence-electron chi connectivity index (χ0n) is 13.6.